The van der Waals surface area contributed by atoms with E-state index < -0.39 is 0 Å². The van der Waals surface area contributed by atoms with Crippen LogP contribution in [0.5, 0.6) is 0 Å². The number of aromatic nitrogens is 1. The average Bonchev–Trinajstić information content (AvgIpc) is 2.82. The van der Waals surface area contributed by atoms with E-state index in [-0.39, 0.29) is 11.8 Å². The van der Waals surface area contributed by atoms with Crippen molar-refractivity contribution in [1.82, 2.24) is 14.8 Å². The summed E-state index contributed by atoms with van der Waals surface area (Å²) in [6.07, 6.45) is 0.450. The van der Waals surface area contributed by atoms with Gasteiger partial charge in [0.1, 0.15) is 5.69 Å². The first-order valence-corrected chi connectivity index (χ1v) is 7.83. The molecule has 1 N–H and O–H groups in total. The maximum atomic E-state index is 12.2. The Morgan fingerprint density at radius 2 is 1.95 bits per heavy atom. The van der Waals surface area contributed by atoms with Gasteiger partial charge in [0.25, 0.3) is 5.91 Å². The van der Waals surface area contributed by atoms with Crippen molar-refractivity contribution in [3.63, 3.8) is 0 Å². The minimum absolute atomic E-state index is 0.0701. The second-order valence-electron chi connectivity index (χ2n) is 5.71. The van der Waals surface area contributed by atoms with Crippen LogP contribution in [0.2, 0.25) is 0 Å². The number of carbonyl (C=O) groups is 2. The number of amides is 2. The number of anilines is 1. The van der Waals surface area contributed by atoms with Crippen LogP contribution in [0.1, 0.15) is 30.8 Å². The maximum Gasteiger partial charge on any atom is 0.273 e. The molecule has 0 saturated heterocycles. The summed E-state index contributed by atoms with van der Waals surface area (Å²) in [5.41, 5.74) is 0.376. The Labute approximate surface area is 130 Å². The number of rotatable bonds is 7. The van der Waals surface area contributed by atoms with Crippen LogP contribution >= 0.6 is 11.3 Å². The number of thiazole rings is 1. The van der Waals surface area contributed by atoms with Gasteiger partial charge in [0, 0.05) is 31.9 Å². The molecule has 1 heterocycles. The van der Waals surface area contributed by atoms with Crippen molar-refractivity contribution in [2.45, 2.75) is 20.3 Å². The molecule has 6 nitrogen and oxygen atoms in total. The van der Waals surface area contributed by atoms with Crippen LogP contribution < -0.4 is 5.32 Å². The fourth-order valence-electron chi connectivity index (χ4n) is 1.62. The Balaban J connectivity index is 2.57. The van der Waals surface area contributed by atoms with Crippen molar-refractivity contribution in [3.05, 3.63) is 11.1 Å². The number of hydrogen-bond donors (Lipinski definition) is 1. The molecule has 0 atom stereocenters. The Bertz CT molecular complexity index is 485. The molecule has 118 valence electrons. The third-order valence-electron chi connectivity index (χ3n) is 2.79. The van der Waals surface area contributed by atoms with Crippen molar-refractivity contribution in [1.29, 1.82) is 0 Å². The molecule has 0 aromatic carbocycles. The average molecular weight is 312 g/mol. The fraction of sp³-hybridized carbons (Fsp3) is 0.643. The van der Waals surface area contributed by atoms with Gasteiger partial charge in [-0.2, -0.15) is 0 Å². The number of nitrogens with zero attached hydrogens (tertiary/aromatic N) is 3. The minimum atomic E-state index is -0.127. The van der Waals surface area contributed by atoms with E-state index in [4.69, 9.17) is 0 Å². The fourth-order valence-corrected chi connectivity index (χ4v) is 2.32. The first-order chi connectivity index (χ1) is 9.79. The molecule has 0 aliphatic carbocycles. The zero-order chi connectivity index (χ0) is 16.0. The van der Waals surface area contributed by atoms with Gasteiger partial charge in [0.05, 0.1) is 0 Å². The van der Waals surface area contributed by atoms with E-state index in [1.165, 1.54) is 11.3 Å². The highest BCUT2D eigenvalue weighted by molar-refractivity contribution is 7.14. The standard InChI is InChI=1S/C14H24N4O2S/c1-10(2)8-12(19)16-14-15-11(9-21-14)13(20)18(5)7-6-17(3)4/h9-10H,6-8H2,1-5H3,(H,15,16,19). The number of hydrogen-bond acceptors (Lipinski definition) is 5. The van der Waals surface area contributed by atoms with E-state index in [9.17, 15) is 9.59 Å². The number of nitrogens with one attached hydrogen (secondary N) is 1. The second kappa shape index (κ2) is 8.09. The van der Waals surface area contributed by atoms with Crippen molar-refractivity contribution in [3.8, 4) is 0 Å². The summed E-state index contributed by atoms with van der Waals surface area (Å²) in [7, 11) is 5.68. The molecule has 0 fully saturated rings. The predicted octanol–water partition coefficient (Wildman–Crippen LogP) is 1.76. The minimum Gasteiger partial charge on any atom is -0.339 e. The molecule has 1 aromatic rings. The van der Waals surface area contributed by atoms with Crippen molar-refractivity contribution in [2.75, 3.05) is 39.5 Å². The van der Waals surface area contributed by atoms with E-state index in [0.29, 0.717) is 29.7 Å². The summed E-state index contributed by atoms with van der Waals surface area (Å²) in [6.45, 7) is 5.40. The summed E-state index contributed by atoms with van der Waals surface area (Å²) in [4.78, 5) is 31.7. The summed E-state index contributed by atoms with van der Waals surface area (Å²) in [5, 5.41) is 4.88. The zero-order valence-electron chi connectivity index (χ0n) is 13.3. The SMILES string of the molecule is CC(C)CC(=O)Nc1nc(C(=O)N(C)CCN(C)C)cs1. The molecule has 0 bridgehead atoms. The molecule has 2 amide bonds. The summed E-state index contributed by atoms with van der Waals surface area (Å²) in [6, 6.07) is 0. The van der Waals surface area contributed by atoms with Gasteiger partial charge < -0.3 is 15.1 Å². The van der Waals surface area contributed by atoms with E-state index in [1.807, 2.05) is 32.8 Å². The van der Waals surface area contributed by atoms with E-state index in [0.717, 1.165) is 6.54 Å². The molecular weight excluding hydrogens is 288 g/mol. The molecule has 1 aromatic heterocycles. The molecule has 0 saturated carbocycles. The summed E-state index contributed by atoms with van der Waals surface area (Å²) in [5.74, 6) is 0.0972. The monoisotopic (exact) mass is 312 g/mol. The normalized spacial score (nSPS) is 11.0. The highest BCUT2D eigenvalue weighted by Crippen LogP contribution is 2.17. The van der Waals surface area contributed by atoms with Gasteiger partial charge in [-0.05, 0) is 20.0 Å². The predicted molar refractivity (Wildman–Crippen MR) is 85.7 cm³/mol. The first-order valence-electron chi connectivity index (χ1n) is 6.95. The smallest absolute Gasteiger partial charge is 0.273 e. The van der Waals surface area contributed by atoms with Gasteiger partial charge in [-0.3, -0.25) is 9.59 Å². The van der Waals surface area contributed by atoms with Crippen LogP contribution in [0.4, 0.5) is 5.13 Å². The lowest BCUT2D eigenvalue weighted by Crippen LogP contribution is -2.33. The van der Waals surface area contributed by atoms with Crippen LogP contribution in [0.15, 0.2) is 5.38 Å². The lowest BCUT2D eigenvalue weighted by Gasteiger charge is -2.18. The molecule has 0 radical (unpaired) electrons. The van der Waals surface area contributed by atoms with Crippen LogP contribution in [-0.4, -0.2) is 60.8 Å². The molecule has 0 aliphatic heterocycles. The quantitative estimate of drug-likeness (QED) is 0.833. The maximum absolute atomic E-state index is 12.2. The van der Waals surface area contributed by atoms with Crippen molar-refractivity contribution < 1.29 is 9.59 Å². The van der Waals surface area contributed by atoms with Gasteiger partial charge in [0.2, 0.25) is 5.91 Å². The van der Waals surface area contributed by atoms with Crippen LogP contribution in [0, 0.1) is 5.92 Å². The Hall–Kier alpha value is -1.47. The lowest BCUT2D eigenvalue weighted by molar-refractivity contribution is -0.116. The highest BCUT2D eigenvalue weighted by atomic mass is 32.1. The molecular formula is C14H24N4O2S. The molecule has 21 heavy (non-hydrogen) atoms. The summed E-state index contributed by atoms with van der Waals surface area (Å²) < 4.78 is 0. The van der Waals surface area contributed by atoms with Gasteiger partial charge in [-0.1, -0.05) is 13.8 Å². The Morgan fingerprint density at radius 1 is 1.29 bits per heavy atom. The number of carbonyl (C=O) groups excluding carboxylic acids is 2. The van der Waals surface area contributed by atoms with E-state index in [1.54, 1.807) is 17.3 Å². The van der Waals surface area contributed by atoms with Crippen LogP contribution in [0.25, 0.3) is 0 Å². The van der Waals surface area contributed by atoms with E-state index in [2.05, 4.69) is 10.3 Å². The van der Waals surface area contributed by atoms with Crippen molar-refractivity contribution >= 4 is 28.3 Å². The Kier molecular flexibility index (Phi) is 6.77. The highest BCUT2D eigenvalue weighted by Gasteiger charge is 2.16. The van der Waals surface area contributed by atoms with Gasteiger partial charge in [-0.25, -0.2) is 4.98 Å². The van der Waals surface area contributed by atoms with E-state index >= 15 is 0 Å². The van der Waals surface area contributed by atoms with Gasteiger partial charge >= 0.3 is 0 Å². The summed E-state index contributed by atoms with van der Waals surface area (Å²) >= 11 is 1.27. The lowest BCUT2D eigenvalue weighted by atomic mass is 10.1. The largest absolute Gasteiger partial charge is 0.339 e. The van der Waals surface area contributed by atoms with Crippen molar-refractivity contribution in [2.24, 2.45) is 5.92 Å². The number of likely N-dealkylation sites (N-methyl/N-ethyl adjacent to an activating group) is 2. The van der Waals surface area contributed by atoms with Gasteiger partial charge in [0.15, 0.2) is 5.13 Å². The van der Waals surface area contributed by atoms with Gasteiger partial charge in [-0.15, -0.1) is 11.3 Å². The second-order valence-corrected chi connectivity index (χ2v) is 6.57. The topological polar surface area (TPSA) is 65.5 Å². The van der Waals surface area contributed by atoms with Crippen LogP contribution in [0.3, 0.4) is 0 Å². The third-order valence-corrected chi connectivity index (χ3v) is 3.55. The molecule has 7 heteroatoms. The Morgan fingerprint density at radius 3 is 2.52 bits per heavy atom. The zero-order valence-corrected chi connectivity index (χ0v) is 14.2. The molecule has 0 aliphatic rings. The molecule has 0 spiro atoms. The molecule has 0 unspecified atom stereocenters. The molecule has 1 rings (SSSR count). The van der Waals surface area contributed by atoms with Crippen LogP contribution in [-0.2, 0) is 4.79 Å². The first kappa shape index (κ1) is 17.6. The third kappa shape index (κ3) is 6.22.